The summed E-state index contributed by atoms with van der Waals surface area (Å²) < 4.78 is 32.8. The first kappa shape index (κ1) is 57.8. The van der Waals surface area contributed by atoms with E-state index in [0.717, 1.165) is 68.5 Å². The highest BCUT2D eigenvalue weighted by atomic mass is 28.4. The van der Waals surface area contributed by atoms with Crippen LogP contribution in [0, 0.1) is 107 Å². The monoisotopic (exact) mass is 1090 g/mol. The molecule has 0 aromatic carbocycles. The summed E-state index contributed by atoms with van der Waals surface area (Å²) in [5, 5.41) is 23.2. The summed E-state index contributed by atoms with van der Waals surface area (Å²) in [5.74, 6) is 4.60. The van der Waals surface area contributed by atoms with Gasteiger partial charge in [0.15, 0.2) is 14.4 Å². The first-order chi connectivity index (χ1) is 35.9. The second-order valence-corrected chi connectivity index (χ2v) is 37.4. The Labute approximate surface area is 469 Å². The zero-order valence-corrected chi connectivity index (χ0v) is 53.1. The number of fused-ring (bicyclic) bond motifs is 8. The Bertz CT molecular complexity index is 2300. The van der Waals surface area contributed by atoms with E-state index in [4.69, 9.17) is 23.4 Å². The van der Waals surface area contributed by atoms with Crippen LogP contribution in [0.5, 0.6) is 0 Å². The van der Waals surface area contributed by atoms with Crippen molar-refractivity contribution in [1.82, 2.24) is 0 Å². The number of aliphatic hydroxyl groups is 2. The van der Waals surface area contributed by atoms with Gasteiger partial charge in [0.2, 0.25) is 0 Å². The quantitative estimate of drug-likeness (QED) is 0.172. The third-order valence-corrected chi connectivity index (χ3v) is 34.8. The van der Waals surface area contributed by atoms with Crippen molar-refractivity contribution in [2.45, 2.75) is 294 Å². The van der Waals surface area contributed by atoms with Gasteiger partial charge in [-0.2, -0.15) is 0 Å². The standard InChI is InChI=1S/C36H62O4Si.C31H50O5/c1-11-38-31(37)25-21-23(5)28-29(39-25)30(40-41(12-2,13-3)14-4)34(10)27-16-15-26-32(7,8)24(6)17-18-35(26)22-36(27,35)20-19-33(28,34)9;1-17-15-22(27(5,6)36-18(2)32)35-24-23(17)28(7)13-14-31-16-30(31)12-11-21(33)26(3,4)19(30)9-10-20(31)29(28,8)25(24)34/h23-30H,11-22H2,1-10H3;17,19-25,33-34H,9-16H2,1-8H3/t23-,24+,25-,26+,27+,28+,29+,30+,33-,34-,35-,36?;17-,19+,20+,21+,22-,23+,24+,25+,28-,29-,30-,31?/m11/s1. The van der Waals surface area contributed by atoms with E-state index in [9.17, 15) is 19.8 Å². The summed E-state index contributed by atoms with van der Waals surface area (Å²) >= 11 is 0. The number of rotatable bonds is 9. The summed E-state index contributed by atoms with van der Waals surface area (Å²) in [7, 11) is -1.93. The van der Waals surface area contributed by atoms with Crippen LogP contribution < -0.4 is 0 Å². The average molecular weight is 1090 g/mol. The van der Waals surface area contributed by atoms with Gasteiger partial charge in [-0.3, -0.25) is 4.79 Å². The minimum Gasteiger partial charge on any atom is -0.464 e. The van der Waals surface area contributed by atoms with Crippen molar-refractivity contribution in [2.75, 3.05) is 6.61 Å². The molecule has 10 aliphatic carbocycles. The molecule has 4 spiro atoms. The van der Waals surface area contributed by atoms with E-state index in [1.807, 2.05) is 20.8 Å². The molecule has 438 valence electrons. The molecular weight excluding hydrogens is 977 g/mol. The topological polar surface area (TPSA) is 121 Å². The molecule has 12 aliphatic rings. The lowest BCUT2D eigenvalue weighted by Crippen LogP contribution is -2.60. The first-order valence-corrected chi connectivity index (χ1v) is 35.1. The molecule has 10 saturated carbocycles. The van der Waals surface area contributed by atoms with E-state index in [1.165, 1.54) is 71.1 Å². The minimum atomic E-state index is -1.93. The van der Waals surface area contributed by atoms with Gasteiger partial charge in [-0.15, -0.1) is 0 Å². The van der Waals surface area contributed by atoms with E-state index in [-0.39, 0.29) is 69.5 Å². The highest BCUT2D eigenvalue weighted by molar-refractivity contribution is 6.73. The predicted octanol–water partition coefficient (Wildman–Crippen LogP) is 14.5. The van der Waals surface area contributed by atoms with Gasteiger partial charge in [0.05, 0.1) is 43.2 Å². The van der Waals surface area contributed by atoms with Crippen molar-refractivity contribution >= 4 is 20.3 Å². The SMILES string of the molecule is CC(=O)OC(C)(C)[C@H]1C[C@@H](C)[C@H]2[C@H](O1)[C@H](O)[C@@]1(C)[C@@H]3CC[C@H]4C(C)(C)[C@@H](O)CC[C@@]45CC35CC[C@]21C.CCOC(=O)[C@H]1C[C@@H](C)[C@H]2[C@H](O1)[C@H](O[Si](CC)(CC)CC)[C@@]1(C)[C@@H]3CC[C@H]4C(C)(C)[C@@H](C)CC[C@@]45CC35CC[C@]21C. The van der Waals surface area contributed by atoms with Crippen LogP contribution in [0.25, 0.3) is 0 Å². The maximum Gasteiger partial charge on any atom is 0.335 e. The summed E-state index contributed by atoms with van der Waals surface area (Å²) in [6.07, 6.45) is 18.0. The van der Waals surface area contributed by atoms with Gasteiger partial charge in [0.1, 0.15) is 5.60 Å². The molecule has 9 nitrogen and oxygen atoms in total. The average Bonchev–Trinajstić information content (AvgIpc) is 4.36. The molecule has 2 unspecified atom stereocenters. The lowest BCUT2D eigenvalue weighted by molar-refractivity contribution is -0.210. The summed E-state index contributed by atoms with van der Waals surface area (Å²) in [5.41, 5.74) is 1.47. The zero-order valence-electron chi connectivity index (χ0n) is 52.1. The first-order valence-electron chi connectivity index (χ1n) is 32.6. The number of carbonyl (C=O) groups excluding carboxylic acids is 2. The van der Waals surface area contributed by atoms with Gasteiger partial charge in [0, 0.05) is 17.8 Å². The normalized spacial score (nSPS) is 54.0. The smallest absolute Gasteiger partial charge is 0.335 e. The Morgan fingerprint density at radius 3 is 1.66 bits per heavy atom. The fourth-order valence-electron chi connectivity index (χ4n) is 25.5. The number of ether oxygens (including phenoxy) is 4. The van der Waals surface area contributed by atoms with Crippen molar-refractivity contribution in [3.05, 3.63) is 0 Å². The van der Waals surface area contributed by atoms with Crippen LogP contribution in [0.2, 0.25) is 18.1 Å². The molecule has 10 heteroatoms. The highest BCUT2D eigenvalue weighted by Crippen LogP contribution is 2.91. The molecule has 0 aromatic rings. The van der Waals surface area contributed by atoms with Crippen LogP contribution in [0.4, 0.5) is 0 Å². The maximum atomic E-state index is 13.1. The van der Waals surface area contributed by atoms with E-state index < -0.39 is 26.1 Å². The Kier molecular flexibility index (Phi) is 13.7. The maximum absolute atomic E-state index is 13.1. The predicted molar refractivity (Wildman–Crippen MR) is 306 cm³/mol. The number of aliphatic hydroxyl groups excluding tert-OH is 2. The third kappa shape index (κ3) is 7.23. The molecular formula is C67H112O9Si. The van der Waals surface area contributed by atoms with Gasteiger partial charge in [0.25, 0.3) is 0 Å². The van der Waals surface area contributed by atoms with Crippen LogP contribution >= 0.6 is 0 Å². The largest absolute Gasteiger partial charge is 0.464 e. The lowest BCUT2D eigenvalue weighted by Gasteiger charge is -2.64. The van der Waals surface area contributed by atoms with Crippen molar-refractivity contribution in [1.29, 1.82) is 0 Å². The molecule has 0 aromatic heterocycles. The third-order valence-electron chi connectivity index (χ3n) is 30.1. The lowest BCUT2D eigenvalue weighted by atomic mass is 9.41. The van der Waals surface area contributed by atoms with Crippen molar-refractivity contribution in [3.63, 3.8) is 0 Å². The Hall–Kier alpha value is -1.04. The van der Waals surface area contributed by atoms with Crippen LogP contribution in [0.15, 0.2) is 0 Å². The summed E-state index contributed by atoms with van der Waals surface area (Å²) in [6, 6.07) is 3.47. The fourth-order valence-corrected chi connectivity index (χ4v) is 28.4. The molecule has 0 bridgehead atoms. The molecule has 2 aliphatic heterocycles. The van der Waals surface area contributed by atoms with Gasteiger partial charge < -0.3 is 33.6 Å². The second kappa shape index (κ2) is 18.2. The van der Waals surface area contributed by atoms with Crippen molar-refractivity contribution in [2.24, 2.45) is 107 Å². The number of hydrogen-bond acceptors (Lipinski definition) is 9. The Balaban J connectivity index is 0.000000165. The van der Waals surface area contributed by atoms with Crippen LogP contribution in [-0.2, 0) is 33.0 Å². The number of esters is 2. The Morgan fingerprint density at radius 2 is 1.10 bits per heavy atom. The van der Waals surface area contributed by atoms with Crippen LogP contribution in [0.3, 0.4) is 0 Å². The fraction of sp³-hybridized carbons (Fsp3) is 0.970. The molecule has 0 amide bonds. The zero-order chi connectivity index (χ0) is 56.1. The van der Waals surface area contributed by atoms with Crippen molar-refractivity contribution < 1.29 is 43.2 Å². The second-order valence-electron chi connectivity index (χ2n) is 32.7. The van der Waals surface area contributed by atoms with Gasteiger partial charge in [-0.1, -0.05) is 96.9 Å². The van der Waals surface area contributed by atoms with Gasteiger partial charge in [-0.05, 0) is 238 Å². The van der Waals surface area contributed by atoms with E-state index in [1.54, 1.807) is 0 Å². The highest BCUT2D eigenvalue weighted by Gasteiger charge is 2.87. The molecule has 12 fully saturated rings. The summed E-state index contributed by atoms with van der Waals surface area (Å²) in [4.78, 5) is 24.9. The van der Waals surface area contributed by atoms with Crippen molar-refractivity contribution in [3.8, 4) is 0 Å². The van der Waals surface area contributed by atoms with Crippen LogP contribution in [0.1, 0.15) is 227 Å². The van der Waals surface area contributed by atoms with Gasteiger partial charge >= 0.3 is 11.9 Å². The summed E-state index contributed by atoms with van der Waals surface area (Å²) in [6.45, 7) is 42.1. The molecule has 0 radical (unpaired) electrons. The number of hydrogen-bond donors (Lipinski definition) is 2. The van der Waals surface area contributed by atoms with E-state index in [0.29, 0.717) is 75.1 Å². The molecule has 77 heavy (non-hydrogen) atoms. The molecule has 2 saturated heterocycles. The molecule has 2 heterocycles. The molecule has 24 atom stereocenters. The minimum absolute atomic E-state index is 0.00919. The van der Waals surface area contributed by atoms with E-state index >= 15 is 0 Å². The van der Waals surface area contributed by atoms with E-state index in [2.05, 4.69) is 96.9 Å². The number of carbonyl (C=O) groups is 2. The molecule has 12 rings (SSSR count). The Morgan fingerprint density at radius 1 is 0.610 bits per heavy atom. The molecule has 2 N–H and O–H groups in total. The van der Waals surface area contributed by atoms with Crippen LogP contribution in [-0.4, -0.2) is 85.4 Å². The van der Waals surface area contributed by atoms with Gasteiger partial charge in [-0.25, -0.2) is 4.79 Å².